The van der Waals surface area contributed by atoms with Gasteiger partial charge in [0, 0.05) is 25.7 Å². The molecular weight excluding hydrogens is 295 g/mol. The van der Waals surface area contributed by atoms with E-state index < -0.39 is 0 Å². The van der Waals surface area contributed by atoms with Gasteiger partial charge in [-0.3, -0.25) is 4.79 Å². The maximum absolute atomic E-state index is 13.3. The molecule has 0 radical (unpaired) electrons. The van der Waals surface area contributed by atoms with Crippen LogP contribution in [0.2, 0.25) is 0 Å². The molecule has 0 atom stereocenters. The van der Waals surface area contributed by atoms with Gasteiger partial charge in [-0.05, 0) is 43.4 Å². The Morgan fingerprint density at radius 1 is 1.35 bits per heavy atom. The first kappa shape index (κ1) is 15.6. The third-order valence-electron chi connectivity index (χ3n) is 4.48. The van der Waals surface area contributed by atoms with Crippen molar-refractivity contribution in [3.63, 3.8) is 0 Å². The molecule has 122 valence electrons. The van der Waals surface area contributed by atoms with E-state index in [1.165, 1.54) is 6.07 Å². The number of hydrogen-bond acceptors (Lipinski definition) is 3. The van der Waals surface area contributed by atoms with Crippen LogP contribution in [0.5, 0.6) is 0 Å². The lowest BCUT2D eigenvalue weighted by Gasteiger charge is -2.32. The Morgan fingerprint density at radius 3 is 2.78 bits per heavy atom. The molecule has 0 N–H and O–H groups in total. The van der Waals surface area contributed by atoms with Crippen LogP contribution < -0.4 is 0 Å². The zero-order valence-corrected chi connectivity index (χ0v) is 13.3. The lowest BCUT2D eigenvalue weighted by Crippen LogP contribution is -2.39. The van der Waals surface area contributed by atoms with Crippen molar-refractivity contribution in [2.75, 3.05) is 13.1 Å². The van der Waals surface area contributed by atoms with Gasteiger partial charge in [-0.15, -0.1) is 5.10 Å². The first-order valence-corrected chi connectivity index (χ1v) is 8.02. The Bertz CT molecular complexity index is 663. The van der Waals surface area contributed by atoms with Crippen molar-refractivity contribution in [1.29, 1.82) is 0 Å². The van der Waals surface area contributed by atoms with Crippen molar-refractivity contribution in [3.8, 4) is 0 Å². The number of nitrogens with zero attached hydrogens (tertiary/aromatic N) is 4. The van der Waals surface area contributed by atoms with Crippen LogP contribution in [-0.2, 0) is 11.2 Å². The zero-order chi connectivity index (χ0) is 16.2. The average molecular weight is 316 g/mol. The number of carbonyl (C=O) groups excluding carboxylic acids is 1. The summed E-state index contributed by atoms with van der Waals surface area (Å²) in [5, 5.41) is 7.87. The Hall–Kier alpha value is -2.24. The monoisotopic (exact) mass is 316 g/mol. The number of carbonyl (C=O) groups is 1. The second-order valence-electron chi connectivity index (χ2n) is 6.08. The van der Waals surface area contributed by atoms with Crippen molar-refractivity contribution >= 4 is 5.91 Å². The SMILES string of the molecule is Cc1cc(CCC(=O)N2CCC(n3ccnn3)CC2)ccc1F. The number of benzene rings is 1. The molecular formula is C17H21FN4O. The molecule has 0 unspecified atom stereocenters. The van der Waals surface area contributed by atoms with Crippen LogP contribution in [0.3, 0.4) is 0 Å². The molecule has 0 spiro atoms. The second kappa shape index (κ2) is 6.89. The predicted molar refractivity (Wildman–Crippen MR) is 84.3 cm³/mol. The first-order chi connectivity index (χ1) is 11.1. The summed E-state index contributed by atoms with van der Waals surface area (Å²) in [6, 6.07) is 5.38. The van der Waals surface area contributed by atoms with Crippen molar-refractivity contribution in [1.82, 2.24) is 19.9 Å². The van der Waals surface area contributed by atoms with Crippen molar-refractivity contribution in [2.45, 2.75) is 38.6 Å². The highest BCUT2D eigenvalue weighted by Gasteiger charge is 2.23. The fraction of sp³-hybridized carbons (Fsp3) is 0.471. The highest BCUT2D eigenvalue weighted by Crippen LogP contribution is 2.22. The number of piperidine rings is 1. The summed E-state index contributed by atoms with van der Waals surface area (Å²) >= 11 is 0. The molecule has 1 amide bonds. The third-order valence-corrected chi connectivity index (χ3v) is 4.48. The Labute approximate surface area is 135 Å². The maximum Gasteiger partial charge on any atom is 0.222 e. The van der Waals surface area contributed by atoms with E-state index in [0.29, 0.717) is 24.4 Å². The minimum absolute atomic E-state index is 0.170. The number of aryl methyl sites for hydroxylation is 2. The summed E-state index contributed by atoms with van der Waals surface area (Å²) in [5.41, 5.74) is 1.64. The van der Waals surface area contributed by atoms with Crippen LogP contribution in [0.4, 0.5) is 4.39 Å². The molecule has 2 heterocycles. The lowest BCUT2D eigenvalue weighted by atomic mass is 10.0. The number of halogens is 1. The standard InChI is InChI=1S/C17H21FN4O/c1-13-12-14(2-4-16(13)18)3-5-17(23)21-9-6-15(7-10-21)22-11-8-19-20-22/h2,4,8,11-12,15H,3,5-7,9-10H2,1H3. The topological polar surface area (TPSA) is 51.0 Å². The molecule has 1 fully saturated rings. The van der Waals surface area contributed by atoms with Crippen LogP contribution in [-0.4, -0.2) is 38.9 Å². The van der Waals surface area contributed by atoms with Gasteiger partial charge in [-0.25, -0.2) is 9.07 Å². The molecule has 23 heavy (non-hydrogen) atoms. The van der Waals surface area contributed by atoms with Gasteiger partial charge in [0.15, 0.2) is 0 Å². The second-order valence-corrected chi connectivity index (χ2v) is 6.08. The fourth-order valence-corrected chi connectivity index (χ4v) is 3.06. The third kappa shape index (κ3) is 3.75. The molecule has 5 nitrogen and oxygen atoms in total. The minimum atomic E-state index is -0.199. The number of rotatable bonds is 4. The number of aromatic nitrogens is 3. The van der Waals surface area contributed by atoms with E-state index in [-0.39, 0.29) is 11.7 Å². The minimum Gasteiger partial charge on any atom is -0.343 e. The molecule has 1 saturated heterocycles. The summed E-state index contributed by atoms with van der Waals surface area (Å²) in [4.78, 5) is 14.3. The van der Waals surface area contributed by atoms with E-state index in [4.69, 9.17) is 0 Å². The average Bonchev–Trinajstić information content (AvgIpc) is 3.10. The van der Waals surface area contributed by atoms with E-state index in [1.807, 2.05) is 21.8 Å². The molecule has 0 saturated carbocycles. The maximum atomic E-state index is 13.3. The largest absolute Gasteiger partial charge is 0.343 e. The van der Waals surface area contributed by atoms with Crippen LogP contribution in [0, 0.1) is 12.7 Å². The van der Waals surface area contributed by atoms with E-state index in [1.54, 1.807) is 19.2 Å². The van der Waals surface area contributed by atoms with E-state index in [0.717, 1.165) is 31.5 Å². The summed E-state index contributed by atoms with van der Waals surface area (Å²) < 4.78 is 15.1. The molecule has 1 aliphatic rings. The van der Waals surface area contributed by atoms with Gasteiger partial charge in [-0.1, -0.05) is 17.3 Å². The normalized spacial score (nSPS) is 15.8. The molecule has 0 aliphatic carbocycles. The highest BCUT2D eigenvalue weighted by atomic mass is 19.1. The van der Waals surface area contributed by atoms with Gasteiger partial charge >= 0.3 is 0 Å². The van der Waals surface area contributed by atoms with E-state index >= 15 is 0 Å². The lowest BCUT2D eigenvalue weighted by molar-refractivity contribution is -0.132. The molecule has 1 aromatic carbocycles. The van der Waals surface area contributed by atoms with Crippen molar-refractivity contribution in [2.24, 2.45) is 0 Å². The van der Waals surface area contributed by atoms with Gasteiger partial charge in [0.25, 0.3) is 0 Å². The van der Waals surface area contributed by atoms with Gasteiger partial charge in [0.1, 0.15) is 5.82 Å². The van der Waals surface area contributed by atoms with Crippen LogP contribution in [0.25, 0.3) is 0 Å². The first-order valence-electron chi connectivity index (χ1n) is 8.02. The highest BCUT2D eigenvalue weighted by molar-refractivity contribution is 5.76. The molecule has 0 bridgehead atoms. The molecule has 6 heteroatoms. The summed E-state index contributed by atoms with van der Waals surface area (Å²) in [6.45, 7) is 3.26. The number of hydrogen-bond donors (Lipinski definition) is 0. The molecule has 2 aromatic rings. The molecule has 1 aliphatic heterocycles. The molecule has 3 rings (SSSR count). The van der Waals surface area contributed by atoms with Crippen molar-refractivity contribution < 1.29 is 9.18 Å². The fourth-order valence-electron chi connectivity index (χ4n) is 3.06. The van der Waals surface area contributed by atoms with Crippen molar-refractivity contribution in [3.05, 3.63) is 47.5 Å². The quantitative estimate of drug-likeness (QED) is 0.871. The Kier molecular flexibility index (Phi) is 4.69. The predicted octanol–water partition coefficient (Wildman–Crippen LogP) is 2.52. The number of amides is 1. The van der Waals surface area contributed by atoms with E-state index in [2.05, 4.69) is 10.3 Å². The Morgan fingerprint density at radius 2 is 2.13 bits per heavy atom. The van der Waals surface area contributed by atoms with Gasteiger partial charge < -0.3 is 4.90 Å². The van der Waals surface area contributed by atoms with Crippen LogP contribution in [0.15, 0.2) is 30.6 Å². The van der Waals surface area contributed by atoms with Gasteiger partial charge in [-0.2, -0.15) is 0 Å². The van der Waals surface area contributed by atoms with Gasteiger partial charge in [0.05, 0.1) is 12.2 Å². The Balaban J connectivity index is 1.48. The summed E-state index contributed by atoms with van der Waals surface area (Å²) in [5.74, 6) is -0.0284. The molecule has 1 aromatic heterocycles. The summed E-state index contributed by atoms with van der Waals surface area (Å²) in [6.07, 6.45) is 6.50. The van der Waals surface area contributed by atoms with Crippen LogP contribution >= 0.6 is 0 Å². The number of likely N-dealkylation sites (tertiary alicyclic amines) is 1. The van der Waals surface area contributed by atoms with E-state index in [9.17, 15) is 9.18 Å². The zero-order valence-electron chi connectivity index (χ0n) is 13.3. The van der Waals surface area contributed by atoms with Gasteiger partial charge in [0.2, 0.25) is 5.91 Å². The smallest absolute Gasteiger partial charge is 0.222 e. The summed E-state index contributed by atoms with van der Waals surface area (Å²) in [7, 11) is 0. The van der Waals surface area contributed by atoms with Crippen LogP contribution in [0.1, 0.15) is 36.4 Å².